The second kappa shape index (κ2) is 17.4. The minimum atomic E-state index is -0.421. The van der Waals surface area contributed by atoms with Crippen molar-refractivity contribution in [2.24, 2.45) is 4.99 Å². The molecule has 2 N–H and O–H groups in total. The topological polar surface area (TPSA) is 177 Å². The van der Waals surface area contributed by atoms with E-state index < -0.39 is 11.2 Å². The van der Waals surface area contributed by atoms with Gasteiger partial charge >= 0.3 is 11.4 Å². The van der Waals surface area contributed by atoms with Crippen molar-refractivity contribution in [1.29, 1.82) is 0 Å². The second-order valence-electron chi connectivity index (χ2n) is 10.6. The number of ether oxygens (including phenoxy) is 2. The Hall–Kier alpha value is -4.76. The highest BCUT2D eigenvalue weighted by Gasteiger charge is 2.26. The first kappa shape index (κ1) is 37.7. The number of hydrogen-bond acceptors (Lipinski definition) is 10. The molecule has 0 aliphatic carbocycles. The zero-order valence-corrected chi connectivity index (χ0v) is 27.3. The van der Waals surface area contributed by atoms with E-state index in [4.69, 9.17) is 19.7 Å². The summed E-state index contributed by atoms with van der Waals surface area (Å²) in [4.78, 5) is 59.2. The maximum absolute atomic E-state index is 13.1. The van der Waals surface area contributed by atoms with E-state index in [2.05, 4.69) is 9.98 Å². The highest BCUT2D eigenvalue weighted by molar-refractivity contribution is 5.86. The molecule has 3 aromatic heterocycles. The lowest BCUT2D eigenvalue weighted by Gasteiger charge is -2.11. The van der Waals surface area contributed by atoms with Gasteiger partial charge in [0.1, 0.15) is 5.82 Å². The third-order valence-electron chi connectivity index (χ3n) is 7.61. The van der Waals surface area contributed by atoms with Crippen LogP contribution in [0.2, 0.25) is 0 Å². The maximum atomic E-state index is 13.1. The first-order valence-electron chi connectivity index (χ1n) is 15.9. The number of nitrogens with zero attached hydrogens (tertiary/aromatic N) is 7. The molecule has 0 spiro atoms. The van der Waals surface area contributed by atoms with Gasteiger partial charge in [0.15, 0.2) is 17.1 Å². The lowest BCUT2D eigenvalue weighted by molar-refractivity contribution is 0.277. The highest BCUT2D eigenvalue weighted by atomic mass is 16.5. The summed E-state index contributed by atoms with van der Waals surface area (Å²) in [6.45, 7) is 9.66. The van der Waals surface area contributed by atoms with Gasteiger partial charge in [-0.05, 0) is 46.1 Å². The van der Waals surface area contributed by atoms with Crippen molar-refractivity contribution < 1.29 is 19.7 Å². The quantitative estimate of drug-likeness (QED) is 0.215. The van der Waals surface area contributed by atoms with Gasteiger partial charge in [0.05, 0.1) is 31.7 Å². The van der Waals surface area contributed by atoms with Crippen LogP contribution < -0.4 is 27.2 Å². The average Bonchev–Trinajstić information content (AvgIpc) is 3.64. The van der Waals surface area contributed by atoms with E-state index in [1.54, 1.807) is 4.57 Å². The van der Waals surface area contributed by atoms with Gasteiger partial charge in [-0.2, -0.15) is 9.98 Å². The predicted octanol–water partition coefficient (Wildman–Crippen LogP) is 1.88. The molecule has 1 aliphatic rings. The summed E-state index contributed by atoms with van der Waals surface area (Å²) >= 11 is 0. The molecule has 4 aromatic rings. The van der Waals surface area contributed by atoms with Crippen molar-refractivity contribution >= 4 is 22.9 Å². The van der Waals surface area contributed by atoms with Crippen LogP contribution in [0.15, 0.2) is 54.5 Å². The fourth-order valence-corrected chi connectivity index (χ4v) is 5.43. The van der Waals surface area contributed by atoms with Crippen molar-refractivity contribution in [2.45, 2.75) is 87.1 Å². The standard InChI is InChI=1S/C19H24N4O4.C13H19N3O4.CH4/c1-3-21-16-15(17(25)22(19(21)26)11-8-12-24)23(18(20-16)27-4-2)13-14-9-6-5-7-10-14;1-3-15-11-9(8-10(14-11)20-4-2)12(18)16(13(15)19)6-5-7-17;/h5-7,9-10,24H,3-4,8,11-13H2,1-2H3;17H,3-8H2,1-2H3;1H4. The highest BCUT2D eigenvalue weighted by Crippen LogP contribution is 2.23. The van der Waals surface area contributed by atoms with Crippen LogP contribution in [0.5, 0.6) is 6.01 Å². The Balaban J connectivity index is 0.000000266. The number of aromatic nitrogens is 6. The number of aliphatic hydroxyl groups excluding tert-OH is 2. The molecule has 48 heavy (non-hydrogen) atoms. The van der Waals surface area contributed by atoms with Crippen LogP contribution in [0.25, 0.3) is 11.2 Å². The van der Waals surface area contributed by atoms with Gasteiger partial charge in [-0.15, -0.1) is 0 Å². The van der Waals surface area contributed by atoms with E-state index in [0.717, 1.165) is 5.56 Å². The van der Waals surface area contributed by atoms with Crippen LogP contribution in [-0.4, -0.2) is 70.4 Å². The molecule has 0 saturated carbocycles. The van der Waals surface area contributed by atoms with Crippen molar-refractivity contribution in [3.8, 4) is 6.01 Å². The number of benzene rings is 1. The Kier molecular flexibility index (Phi) is 13.7. The lowest BCUT2D eigenvalue weighted by Crippen LogP contribution is -2.41. The van der Waals surface area contributed by atoms with Gasteiger partial charge in [-0.1, -0.05) is 37.8 Å². The van der Waals surface area contributed by atoms with Crippen LogP contribution in [0, 0.1) is 0 Å². The molecule has 15 heteroatoms. The number of aryl methyl sites for hydroxylation is 1. The van der Waals surface area contributed by atoms with Crippen molar-refractivity contribution in [2.75, 3.05) is 26.4 Å². The molecule has 0 radical (unpaired) electrons. The molecular formula is C33H47N7O8. The van der Waals surface area contributed by atoms with E-state index in [1.807, 2.05) is 58.0 Å². The number of rotatable bonds is 13. The van der Waals surface area contributed by atoms with Crippen LogP contribution in [0.3, 0.4) is 0 Å². The Morgan fingerprint density at radius 1 is 0.750 bits per heavy atom. The SMILES string of the molecule is C.CCOC1=Nc2c(c(=O)n(CCCO)c(=O)n2CC)C1.CCOc1nc2c(c(=O)n(CCCO)c(=O)n2CC)n1Cc1ccccc1. The summed E-state index contributed by atoms with van der Waals surface area (Å²) in [5.74, 6) is 0.882. The Morgan fingerprint density at radius 2 is 1.33 bits per heavy atom. The van der Waals surface area contributed by atoms with Crippen LogP contribution >= 0.6 is 0 Å². The molecule has 0 bridgehead atoms. The Morgan fingerprint density at radius 3 is 1.90 bits per heavy atom. The fourth-order valence-electron chi connectivity index (χ4n) is 5.43. The molecule has 1 aliphatic heterocycles. The van der Waals surface area contributed by atoms with Gasteiger partial charge in [0, 0.05) is 39.4 Å². The van der Waals surface area contributed by atoms with Crippen molar-refractivity contribution in [3.05, 3.63) is 83.1 Å². The second-order valence-corrected chi connectivity index (χ2v) is 10.6. The Bertz CT molecular complexity index is 1950. The van der Waals surface area contributed by atoms with Gasteiger partial charge in [0.25, 0.3) is 17.1 Å². The number of hydrogen-bond donors (Lipinski definition) is 2. The minimum Gasteiger partial charge on any atom is -0.481 e. The number of aliphatic hydroxyl groups is 2. The zero-order chi connectivity index (χ0) is 34.1. The largest absolute Gasteiger partial charge is 0.481 e. The molecule has 0 saturated heterocycles. The van der Waals surface area contributed by atoms with E-state index in [0.29, 0.717) is 86.6 Å². The number of aliphatic imine (C=N–C) groups is 1. The summed E-state index contributed by atoms with van der Waals surface area (Å²) in [5.41, 5.74) is 0.598. The van der Waals surface area contributed by atoms with Gasteiger partial charge in [-0.25, -0.2) is 9.59 Å². The fraction of sp³-hybridized carbons (Fsp3) is 0.515. The summed E-state index contributed by atoms with van der Waals surface area (Å²) in [6, 6.07) is 10.0. The first-order chi connectivity index (χ1) is 22.8. The third kappa shape index (κ3) is 7.68. The van der Waals surface area contributed by atoms with Crippen molar-refractivity contribution in [1.82, 2.24) is 27.8 Å². The monoisotopic (exact) mass is 669 g/mol. The molecule has 0 fully saturated rings. The lowest BCUT2D eigenvalue weighted by atomic mass is 10.2. The summed E-state index contributed by atoms with van der Waals surface area (Å²) in [5, 5.41) is 18.0. The molecule has 15 nitrogen and oxygen atoms in total. The molecular weight excluding hydrogens is 622 g/mol. The average molecular weight is 670 g/mol. The summed E-state index contributed by atoms with van der Waals surface area (Å²) in [6.07, 6.45) is 1.02. The zero-order valence-electron chi connectivity index (χ0n) is 27.3. The normalized spacial score (nSPS) is 11.8. The molecule has 1 aromatic carbocycles. The van der Waals surface area contributed by atoms with Crippen LogP contribution in [-0.2, 0) is 43.9 Å². The van der Waals surface area contributed by atoms with Crippen LogP contribution in [0.4, 0.5) is 5.82 Å². The predicted molar refractivity (Wildman–Crippen MR) is 184 cm³/mol. The van der Waals surface area contributed by atoms with Crippen molar-refractivity contribution in [3.63, 3.8) is 0 Å². The molecule has 0 unspecified atom stereocenters. The third-order valence-corrected chi connectivity index (χ3v) is 7.61. The molecule has 0 atom stereocenters. The van der Waals surface area contributed by atoms with E-state index >= 15 is 0 Å². The number of imidazole rings is 1. The van der Waals surface area contributed by atoms with Crippen LogP contribution in [0.1, 0.15) is 59.1 Å². The summed E-state index contributed by atoms with van der Waals surface area (Å²) in [7, 11) is 0. The van der Waals surface area contributed by atoms with Gasteiger partial charge in [-0.3, -0.25) is 32.4 Å². The summed E-state index contributed by atoms with van der Waals surface area (Å²) < 4.78 is 18.0. The molecule has 262 valence electrons. The van der Waals surface area contributed by atoms with Gasteiger partial charge < -0.3 is 19.7 Å². The molecule has 5 rings (SSSR count). The van der Waals surface area contributed by atoms with E-state index in [9.17, 15) is 19.2 Å². The Labute approximate surface area is 278 Å². The molecule has 4 heterocycles. The first-order valence-corrected chi connectivity index (χ1v) is 15.9. The molecule has 0 amide bonds. The van der Waals surface area contributed by atoms with E-state index in [-0.39, 0.29) is 45.0 Å². The van der Waals surface area contributed by atoms with E-state index in [1.165, 1.54) is 18.3 Å². The maximum Gasteiger partial charge on any atom is 0.332 e. The smallest absolute Gasteiger partial charge is 0.332 e. The van der Waals surface area contributed by atoms with Gasteiger partial charge in [0.2, 0.25) is 0 Å². The number of fused-ring (bicyclic) bond motifs is 2. The minimum absolute atomic E-state index is 0.